The number of nitrogens with one attached hydrogen (secondary N) is 1. The second-order valence-corrected chi connectivity index (χ2v) is 7.15. The third kappa shape index (κ3) is 2.90. The smallest absolute Gasteiger partial charge is 0.240 e. The Balaban J connectivity index is 1.31. The molecule has 1 aliphatic carbocycles. The molecule has 0 amide bonds. The molecule has 1 fully saturated rings. The Bertz CT molecular complexity index is 967. The second kappa shape index (κ2) is 6.29. The van der Waals surface area contributed by atoms with Gasteiger partial charge in [-0.2, -0.15) is 4.98 Å². The minimum Gasteiger partial charge on any atom is -0.497 e. The van der Waals surface area contributed by atoms with Gasteiger partial charge in [-0.25, -0.2) is 0 Å². The van der Waals surface area contributed by atoms with E-state index in [4.69, 9.17) is 9.26 Å². The summed E-state index contributed by atoms with van der Waals surface area (Å²) >= 11 is 0. The van der Waals surface area contributed by atoms with Crippen molar-refractivity contribution >= 4 is 16.5 Å². The highest BCUT2D eigenvalue weighted by atomic mass is 16.5. The number of aromatic amines is 1. The summed E-state index contributed by atoms with van der Waals surface area (Å²) in [7, 11) is 1.71. The van der Waals surface area contributed by atoms with Gasteiger partial charge in [0.05, 0.1) is 13.7 Å². The molecule has 2 aliphatic rings. The minimum absolute atomic E-state index is 0.541. The molecule has 0 radical (unpaired) electrons. The first-order valence-corrected chi connectivity index (χ1v) is 9.19. The van der Waals surface area contributed by atoms with E-state index in [2.05, 4.69) is 44.4 Å². The lowest BCUT2D eigenvalue weighted by Gasteiger charge is -2.24. The molecule has 6 heteroatoms. The molecule has 134 valence electrons. The fourth-order valence-electron chi connectivity index (χ4n) is 3.62. The molecular weight excluding hydrogens is 328 g/mol. The number of nitrogens with zero attached hydrogens (tertiary/aromatic N) is 3. The predicted molar refractivity (Wildman–Crippen MR) is 99.0 cm³/mol. The van der Waals surface area contributed by atoms with Crippen molar-refractivity contribution in [3.8, 4) is 5.75 Å². The Kier molecular flexibility index (Phi) is 3.78. The number of rotatable bonds is 5. The van der Waals surface area contributed by atoms with Crippen molar-refractivity contribution in [1.29, 1.82) is 0 Å². The lowest BCUT2D eigenvalue weighted by Crippen LogP contribution is -2.28. The maximum absolute atomic E-state index is 5.41. The molecule has 0 spiro atoms. The molecule has 3 aromatic rings. The minimum atomic E-state index is 0.541. The van der Waals surface area contributed by atoms with Gasteiger partial charge < -0.3 is 14.2 Å². The SMILES string of the molecule is COc1ccc2[nH]cc(C3=CCN(Cc4nc(C5CC5)no4)CC3)c2c1. The van der Waals surface area contributed by atoms with Crippen LogP contribution in [-0.2, 0) is 6.54 Å². The van der Waals surface area contributed by atoms with Gasteiger partial charge >= 0.3 is 0 Å². The van der Waals surface area contributed by atoms with Crippen molar-refractivity contribution < 1.29 is 9.26 Å². The zero-order valence-electron chi connectivity index (χ0n) is 14.9. The van der Waals surface area contributed by atoms with Crippen LogP contribution in [0.4, 0.5) is 0 Å². The number of hydrogen-bond acceptors (Lipinski definition) is 5. The highest BCUT2D eigenvalue weighted by Gasteiger charge is 2.29. The summed E-state index contributed by atoms with van der Waals surface area (Å²) in [5.74, 6) is 3.06. The number of H-pyrrole nitrogens is 1. The van der Waals surface area contributed by atoms with Gasteiger partial charge in [0.1, 0.15) is 5.75 Å². The fourth-order valence-corrected chi connectivity index (χ4v) is 3.62. The fraction of sp³-hybridized carbons (Fsp3) is 0.400. The Labute approximate surface area is 151 Å². The first-order valence-electron chi connectivity index (χ1n) is 9.19. The van der Waals surface area contributed by atoms with Crippen LogP contribution >= 0.6 is 0 Å². The first-order chi connectivity index (χ1) is 12.8. The lowest BCUT2D eigenvalue weighted by atomic mass is 9.99. The molecule has 26 heavy (non-hydrogen) atoms. The Morgan fingerprint density at radius 3 is 3.04 bits per heavy atom. The highest BCUT2D eigenvalue weighted by molar-refractivity contribution is 5.93. The van der Waals surface area contributed by atoms with Gasteiger partial charge in [-0.1, -0.05) is 11.2 Å². The summed E-state index contributed by atoms with van der Waals surface area (Å²) in [6, 6.07) is 6.16. The first kappa shape index (κ1) is 15.6. The van der Waals surface area contributed by atoms with E-state index in [0.29, 0.717) is 5.92 Å². The maximum Gasteiger partial charge on any atom is 0.240 e. The van der Waals surface area contributed by atoms with Crippen LogP contribution in [0.5, 0.6) is 5.75 Å². The molecule has 1 N–H and O–H groups in total. The van der Waals surface area contributed by atoms with Crippen molar-refractivity contribution in [3.63, 3.8) is 0 Å². The molecule has 6 nitrogen and oxygen atoms in total. The average Bonchev–Trinajstić information content (AvgIpc) is 3.28. The number of methoxy groups -OCH3 is 1. The topological polar surface area (TPSA) is 67.2 Å². The molecule has 0 atom stereocenters. The van der Waals surface area contributed by atoms with Crippen LogP contribution in [0.1, 0.15) is 42.5 Å². The highest BCUT2D eigenvalue weighted by Crippen LogP contribution is 2.38. The largest absolute Gasteiger partial charge is 0.497 e. The molecule has 3 heterocycles. The Hall–Kier alpha value is -2.60. The standard InChI is InChI=1S/C20H22N4O2/c1-25-15-4-5-18-16(10-15)17(11-21-18)13-6-8-24(9-7-13)12-19-22-20(23-26-19)14-2-3-14/h4-6,10-11,14,21H,2-3,7-9,12H2,1H3. The average molecular weight is 350 g/mol. The zero-order chi connectivity index (χ0) is 17.5. The van der Waals surface area contributed by atoms with Crippen LogP contribution in [0.3, 0.4) is 0 Å². The molecule has 5 rings (SSSR count). The molecule has 1 saturated carbocycles. The summed E-state index contributed by atoms with van der Waals surface area (Å²) in [6.07, 6.45) is 7.82. The normalized spacial score (nSPS) is 18.3. The molecule has 0 saturated heterocycles. The van der Waals surface area contributed by atoms with Gasteiger partial charge in [-0.3, -0.25) is 4.90 Å². The quantitative estimate of drug-likeness (QED) is 0.759. The molecule has 1 aliphatic heterocycles. The monoisotopic (exact) mass is 350 g/mol. The van der Waals surface area contributed by atoms with E-state index < -0.39 is 0 Å². The maximum atomic E-state index is 5.41. The van der Waals surface area contributed by atoms with Gasteiger partial charge in [-0.15, -0.1) is 0 Å². The van der Waals surface area contributed by atoms with E-state index >= 15 is 0 Å². The number of benzene rings is 1. The second-order valence-electron chi connectivity index (χ2n) is 7.15. The number of ether oxygens (including phenoxy) is 1. The summed E-state index contributed by atoms with van der Waals surface area (Å²) in [4.78, 5) is 10.3. The van der Waals surface area contributed by atoms with Crippen molar-refractivity contribution in [1.82, 2.24) is 20.0 Å². The van der Waals surface area contributed by atoms with Crippen molar-refractivity contribution in [3.05, 3.63) is 47.8 Å². The molecule has 2 aromatic heterocycles. The molecule has 1 aromatic carbocycles. The summed E-state index contributed by atoms with van der Waals surface area (Å²) in [6.45, 7) is 2.61. The van der Waals surface area contributed by atoms with Crippen molar-refractivity contribution in [2.75, 3.05) is 20.2 Å². The van der Waals surface area contributed by atoms with Gasteiger partial charge in [0.2, 0.25) is 5.89 Å². The molecule has 0 unspecified atom stereocenters. The van der Waals surface area contributed by atoms with Crippen LogP contribution in [0.15, 0.2) is 35.0 Å². The lowest BCUT2D eigenvalue weighted by molar-refractivity contribution is 0.245. The molecule has 0 bridgehead atoms. The van der Waals surface area contributed by atoms with Gasteiger partial charge in [0.15, 0.2) is 5.82 Å². The van der Waals surface area contributed by atoms with Gasteiger partial charge in [0.25, 0.3) is 0 Å². The van der Waals surface area contributed by atoms with E-state index in [9.17, 15) is 0 Å². The Morgan fingerprint density at radius 1 is 1.35 bits per heavy atom. The van der Waals surface area contributed by atoms with E-state index in [1.807, 2.05) is 6.07 Å². The summed E-state index contributed by atoms with van der Waals surface area (Å²) in [5.41, 5.74) is 3.79. The van der Waals surface area contributed by atoms with E-state index in [1.165, 1.54) is 29.4 Å². The molecular formula is C20H22N4O2. The van der Waals surface area contributed by atoms with E-state index in [0.717, 1.165) is 49.0 Å². The summed E-state index contributed by atoms with van der Waals surface area (Å²) in [5, 5.41) is 5.32. The zero-order valence-corrected chi connectivity index (χ0v) is 14.9. The van der Waals surface area contributed by atoms with Crippen molar-refractivity contribution in [2.24, 2.45) is 0 Å². The van der Waals surface area contributed by atoms with E-state index in [1.54, 1.807) is 7.11 Å². The predicted octanol–water partition coefficient (Wildman–Crippen LogP) is 3.73. The van der Waals surface area contributed by atoms with Gasteiger partial charge in [0, 0.05) is 41.7 Å². The number of hydrogen-bond donors (Lipinski definition) is 1. The number of aromatic nitrogens is 3. The summed E-state index contributed by atoms with van der Waals surface area (Å²) < 4.78 is 10.8. The van der Waals surface area contributed by atoms with Crippen LogP contribution in [-0.4, -0.2) is 40.2 Å². The third-order valence-corrected chi connectivity index (χ3v) is 5.31. The van der Waals surface area contributed by atoms with Crippen LogP contribution in [0.2, 0.25) is 0 Å². The van der Waals surface area contributed by atoms with Crippen molar-refractivity contribution in [2.45, 2.75) is 31.7 Å². The van der Waals surface area contributed by atoms with Gasteiger partial charge in [-0.05, 0) is 43.0 Å². The Morgan fingerprint density at radius 2 is 2.27 bits per heavy atom. The van der Waals surface area contributed by atoms with Crippen LogP contribution in [0, 0.1) is 0 Å². The number of fused-ring (bicyclic) bond motifs is 1. The third-order valence-electron chi connectivity index (χ3n) is 5.31. The van der Waals surface area contributed by atoms with Crippen LogP contribution in [0.25, 0.3) is 16.5 Å². The van der Waals surface area contributed by atoms with Crippen LogP contribution < -0.4 is 4.74 Å². The van der Waals surface area contributed by atoms with E-state index in [-0.39, 0.29) is 0 Å².